The summed E-state index contributed by atoms with van der Waals surface area (Å²) >= 11 is 2.23. The lowest BCUT2D eigenvalue weighted by Gasteiger charge is -2.29. The highest BCUT2D eigenvalue weighted by molar-refractivity contribution is 14.1. The topological polar surface area (TPSA) is 89.6 Å². The van der Waals surface area contributed by atoms with Crippen molar-refractivity contribution < 1.29 is 9.53 Å². The number of hydrogen-bond donors (Lipinski definition) is 1. The molecule has 0 bridgehead atoms. The van der Waals surface area contributed by atoms with Crippen LogP contribution >= 0.6 is 22.6 Å². The number of imidazole rings is 1. The number of amides is 1. The van der Waals surface area contributed by atoms with E-state index in [1.807, 2.05) is 34.5 Å². The lowest BCUT2D eigenvalue weighted by atomic mass is 9.97. The minimum absolute atomic E-state index is 0.169. The maximum atomic E-state index is 13.4. The van der Waals surface area contributed by atoms with Gasteiger partial charge in [-0.05, 0) is 80.5 Å². The average molecular weight is 599 g/mol. The predicted octanol–water partition coefficient (Wildman–Crippen LogP) is 4.66. The Morgan fingerprint density at radius 2 is 1.86 bits per heavy atom. The fourth-order valence-electron chi connectivity index (χ4n) is 4.52. The molecule has 36 heavy (non-hydrogen) atoms. The number of rotatable bonds is 4. The molecule has 10 heteroatoms. The van der Waals surface area contributed by atoms with Crippen molar-refractivity contribution >= 4 is 45.5 Å². The summed E-state index contributed by atoms with van der Waals surface area (Å²) in [5.41, 5.74) is 6.63. The van der Waals surface area contributed by atoms with Crippen molar-refractivity contribution in [2.75, 3.05) is 36.5 Å². The van der Waals surface area contributed by atoms with Crippen molar-refractivity contribution in [1.82, 2.24) is 24.4 Å². The predicted molar refractivity (Wildman–Crippen MR) is 149 cm³/mol. The number of morpholine rings is 1. The number of nitrogens with zero attached hydrogens (tertiary/aromatic N) is 6. The molecular formula is C26H30IN7O2. The molecule has 0 radical (unpaired) electrons. The van der Waals surface area contributed by atoms with Crippen LogP contribution in [0.25, 0.3) is 16.9 Å². The molecule has 1 saturated heterocycles. The minimum Gasteiger partial charge on any atom is -0.378 e. The van der Waals surface area contributed by atoms with Crippen LogP contribution in [0.1, 0.15) is 42.3 Å². The van der Waals surface area contributed by atoms with Crippen LogP contribution in [0.3, 0.4) is 0 Å². The second kappa shape index (κ2) is 9.47. The molecule has 4 aromatic rings. The van der Waals surface area contributed by atoms with E-state index in [-0.39, 0.29) is 11.4 Å². The van der Waals surface area contributed by atoms with Crippen molar-refractivity contribution in [3.63, 3.8) is 0 Å². The monoisotopic (exact) mass is 599 g/mol. The van der Waals surface area contributed by atoms with Gasteiger partial charge in [0.15, 0.2) is 5.65 Å². The first-order valence-corrected chi connectivity index (χ1v) is 13.1. The highest BCUT2D eigenvalue weighted by Gasteiger charge is 2.23. The highest BCUT2D eigenvalue weighted by Crippen LogP contribution is 2.31. The van der Waals surface area contributed by atoms with E-state index in [1.165, 1.54) is 0 Å². The number of aryl methyl sites for hydroxylation is 2. The molecule has 188 valence electrons. The molecule has 0 aliphatic carbocycles. The summed E-state index contributed by atoms with van der Waals surface area (Å²) in [6.45, 7) is 13.2. The van der Waals surface area contributed by atoms with E-state index in [9.17, 15) is 4.79 Å². The Hall–Kier alpha value is -2.99. The van der Waals surface area contributed by atoms with E-state index in [4.69, 9.17) is 9.84 Å². The molecule has 4 heterocycles. The maximum Gasteiger partial charge on any atom is 0.256 e. The van der Waals surface area contributed by atoms with Gasteiger partial charge in [-0.2, -0.15) is 10.2 Å². The van der Waals surface area contributed by atoms with Crippen LogP contribution in [-0.2, 0) is 10.3 Å². The normalized spacial score (nSPS) is 14.4. The van der Waals surface area contributed by atoms with Crippen molar-refractivity contribution in [3.05, 3.63) is 57.2 Å². The molecule has 1 aliphatic heterocycles. The van der Waals surface area contributed by atoms with Gasteiger partial charge in [0.1, 0.15) is 3.70 Å². The molecule has 0 saturated carbocycles. The molecule has 0 unspecified atom stereocenters. The summed E-state index contributed by atoms with van der Waals surface area (Å²) in [6, 6.07) is 6.06. The van der Waals surface area contributed by atoms with Crippen molar-refractivity contribution in [3.8, 4) is 11.3 Å². The zero-order valence-electron chi connectivity index (χ0n) is 21.2. The first-order valence-electron chi connectivity index (χ1n) is 12.0. The third-order valence-corrected chi connectivity index (χ3v) is 7.42. The van der Waals surface area contributed by atoms with Crippen LogP contribution in [-0.4, -0.2) is 56.6 Å². The summed E-state index contributed by atoms with van der Waals surface area (Å²) in [5, 5.41) is 12.4. The number of carbonyl (C=O) groups excluding carboxylic acids is 1. The van der Waals surface area contributed by atoms with Gasteiger partial charge in [0.25, 0.3) is 5.91 Å². The van der Waals surface area contributed by atoms with E-state index < -0.39 is 0 Å². The first kappa shape index (κ1) is 24.7. The SMILES string of the molecule is Cc1cc(C)c(-c2cc(N3CCOCC3)c3nccn3n2)cc1C(=O)Nc1cnn(C(C)(C)C)c1I. The van der Waals surface area contributed by atoms with Gasteiger partial charge in [0.2, 0.25) is 0 Å². The van der Waals surface area contributed by atoms with E-state index in [0.29, 0.717) is 24.5 Å². The number of carbonyl (C=O) groups is 1. The third-order valence-electron chi connectivity index (χ3n) is 6.38. The van der Waals surface area contributed by atoms with Crippen molar-refractivity contribution in [2.24, 2.45) is 0 Å². The fourth-order valence-corrected chi connectivity index (χ4v) is 5.64. The van der Waals surface area contributed by atoms with Gasteiger partial charge in [0, 0.05) is 36.6 Å². The van der Waals surface area contributed by atoms with Gasteiger partial charge in [-0.25, -0.2) is 9.50 Å². The maximum absolute atomic E-state index is 13.4. The zero-order chi connectivity index (χ0) is 25.6. The van der Waals surface area contributed by atoms with E-state index in [2.05, 4.69) is 76.7 Å². The third kappa shape index (κ3) is 4.59. The van der Waals surface area contributed by atoms with Gasteiger partial charge in [0.05, 0.1) is 42.0 Å². The first-order chi connectivity index (χ1) is 17.1. The Morgan fingerprint density at radius 1 is 1.11 bits per heavy atom. The Bertz CT molecular complexity index is 1440. The van der Waals surface area contributed by atoms with Crippen LogP contribution in [0.4, 0.5) is 11.4 Å². The number of benzene rings is 1. The number of halogens is 1. The molecule has 1 aromatic carbocycles. The zero-order valence-corrected chi connectivity index (χ0v) is 23.3. The summed E-state index contributed by atoms with van der Waals surface area (Å²) in [7, 11) is 0. The number of aromatic nitrogens is 5. The Balaban J connectivity index is 1.53. The van der Waals surface area contributed by atoms with Gasteiger partial charge >= 0.3 is 0 Å². The molecule has 1 aliphatic rings. The quantitative estimate of drug-likeness (QED) is 0.344. The Labute approximate surface area is 224 Å². The standard InChI is InChI=1S/C26H30IN7O2/c1-16-12-17(2)19(25(35)30-21-15-29-34(23(21)27)26(3,4)5)13-18(16)20-14-22(32-8-10-36-11-9-32)24-28-6-7-33(24)31-20/h6-7,12-15H,8-11H2,1-5H3,(H,30,35). The summed E-state index contributed by atoms with van der Waals surface area (Å²) in [4.78, 5) is 20.2. The summed E-state index contributed by atoms with van der Waals surface area (Å²) < 4.78 is 10.2. The van der Waals surface area contributed by atoms with Gasteiger partial charge in [-0.15, -0.1) is 0 Å². The van der Waals surface area contributed by atoms with Crippen molar-refractivity contribution in [1.29, 1.82) is 0 Å². The Kier molecular flexibility index (Phi) is 6.50. The number of nitrogens with one attached hydrogen (secondary N) is 1. The molecule has 0 spiro atoms. The summed E-state index contributed by atoms with van der Waals surface area (Å²) in [5.74, 6) is -0.169. The molecule has 0 atom stereocenters. The van der Waals surface area contributed by atoms with E-state index in [0.717, 1.165) is 50.5 Å². The number of anilines is 2. The van der Waals surface area contributed by atoms with Crippen LogP contribution in [0.15, 0.2) is 36.8 Å². The second-order valence-corrected chi connectivity index (χ2v) is 11.1. The van der Waals surface area contributed by atoms with Crippen LogP contribution < -0.4 is 10.2 Å². The molecule has 9 nitrogen and oxygen atoms in total. The average Bonchev–Trinajstić information content (AvgIpc) is 3.45. The second-order valence-electron chi connectivity index (χ2n) is 10.1. The lowest BCUT2D eigenvalue weighted by Crippen LogP contribution is -2.36. The van der Waals surface area contributed by atoms with Gasteiger partial charge in [-0.3, -0.25) is 9.48 Å². The largest absolute Gasteiger partial charge is 0.378 e. The molecular weight excluding hydrogens is 569 g/mol. The Morgan fingerprint density at radius 3 is 2.56 bits per heavy atom. The molecule has 3 aromatic heterocycles. The number of ether oxygens (including phenoxy) is 1. The molecule has 1 fully saturated rings. The van der Waals surface area contributed by atoms with Crippen LogP contribution in [0.5, 0.6) is 0 Å². The molecule has 5 rings (SSSR count). The fraction of sp³-hybridized carbons (Fsp3) is 0.385. The van der Waals surface area contributed by atoms with Crippen molar-refractivity contribution in [2.45, 2.75) is 40.2 Å². The van der Waals surface area contributed by atoms with Crippen LogP contribution in [0.2, 0.25) is 0 Å². The van der Waals surface area contributed by atoms with E-state index >= 15 is 0 Å². The highest BCUT2D eigenvalue weighted by atomic mass is 127. The minimum atomic E-state index is -0.178. The van der Waals surface area contributed by atoms with Crippen LogP contribution in [0, 0.1) is 17.5 Å². The molecule has 1 amide bonds. The molecule has 1 N–H and O–H groups in total. The van der Waals surface area contributed by atoms with Gasteiger partial charge in [-0.1, -0.05) is 6.07 Å². The van der Waals surface area contributed by atoms with E-state index in [1.54, 1.807) is 12.4 Å². The van der Waals surface area contributed by atoms with Gasteiger partial charge < -0.3 is 15.0 Å². The number of hydrogen-bond acceptors (Lipinski definition) is 6. The summed E-state index contributed by atoms with van der Waals surface area (Å²) in [6.07, 6.45) is 5.32. The lowest BCUT2D eigenvalue weighted by molar-refractivity contribution is 0.102. The smallest absolute Gasteiger partial charge is 0.256 e. The number of fused-ring (bicyclic) bond motifs is 1.